The van der Waals surface area contributed by atoms with Gasteiger partial charge in [0, 0.05) is 24.3 Å². The monoisotopic (exact) mass is 467 g/mol. The first-order valence-corrected chi connectivity index (χ1v) is 11.1. The van der Waals surface area contributed by atoms with Gasteiger partial charge in [0.1, 0.15) is 6.29 Å². The zero-order valence-electron chi connectivity index (χ0n) is 16.2. The Morgan fingerprint density at radius 2 is 1.80 bits per heavy atom. The Bertz CT molecular complexity index is 875. The molecule has 1 atom stereocenters. The normalized spacial score (nSPS) is 11.6. The Balaban J connectivity index is 1.97. The third-order valence-electron chi connectivity index (χ3n) is 4.12. The van der Waals surface area contributed by atoms with Crippen LogP contribution in [-0.4, -0.2) is 35.6 Å². The minimum atomic E-state index is -0.723. The maximum absolute atomic E-state index is 12.5. The molecule has 1 unspecified atom stereocenters. The molecular weight excluding hydrogens is 445 g/mol. The Morgan fingerprint density at radius 3 is 2.47 bits per heavy atom. The molecule has 2 aromatic rings. The molecule has 0 aromatic heterocycles. The molecule has 30 heavy (non-hydrogen) atoms. The molecule has 1 amide bonds. The van der Waals surface area contributed by atoms with Crippen molar-refractivity contribution in [3.8, 4) is 0 Å². The summed E-state index contributed by atoms with van der Waals surface area (Å²) in [5.74, 6) is -0.0837. The van der Waals surface area contributed by atoms with E-state index >= 15 is 0 Å². The number of aldehydes is 1. The van der Waals surface area contributed by atoms with Crippen molar-refractivity contribution < 1.29 is 14.4 Å². The second kappa shape index (κ2) is 12.6. The average molecular weight is 468 g/mol. The highest BCUT2D eigenvalue weighted by atomic mass is 35.5. The van der Waals surface area contributed by atoms with Crippen LogP contribution in [0.15, 0.2) is 42.5 Å². The van der Waals surface area contributed by atoms with Crippen molar-refractivity contribution in [2.45, 2.75) is 25.3 Å². The molecule has 0 saturated carbocycles. The van der Waals surface area contributed by atoms with Crippen LogP contribution in [0.2, 0.25) is 10.0 Å². The molecule has 2 aromatic carbocycles. The molecule has 0 aliphatic rings. The lowest BCUT2D eigenvalue weighted by molar-refractivity contribution is -0.123. The molecule has 160 valence electrons. The number of para-hydroxylation sites is 2. The first-order valence-electron chi connectivity index (χ1n) is 9.34. The number of hydrogen-bond acceptors (Lipinski definition) is 6. The van der Waals surface area contributed by atoms with Crippen molar-refractivity contribution in [1.82, 2.24) is 5.32 Å². The van der Waals surface area contributed by atoms with Crippen molar-refractivity contribution >= 4 is 63.6 Å². The number of nitrogens with two attached hydrogens (primary N) is 1. The van der Waals surface area contributed by atoms with Crippen LogP contribution in [0.3, 0.4) is 0 Å². The van der Waals surface area contributed by atoms with Gasteiger partial charge in [-0.15, -0.1) is 0 Å². The van der Waals surface area contributed by atoms with Gasteiger partial charge in [-0.3, -0.25) is 9.59 Å². The highest BCUT2D eigenvalue weighted by Gasteiger charge is 2.16. The van der Waals surface area contributed by atoms with Crippen LogP contribution >= 0.6 is 35.0 Å². The highest BCUT2D eigenvalue weighted by molar-refractivity contribution is 8.13. The van der Waals surface area contributed by atoms with Crippen molar-refractivity contribution in [3.63, 3.8) is 0 Å². The SMILES string of the molecule is NCCCC(=O)NC(C=O)CSC(=O)Cc1ccccc1Nc1c(Cl)cccc1Cl. The second-order valence-electron chi connectivity index (χ2n) is 6.44. The van der Waals surface area contributed by atoms with Crippen LogP contribution in [0.25, 0.3) is 0 Å². The van der Waals surface area contributed by atoms with Gasteiger partial charge in [-0.05, 0) is 36.7 Å². The fraction of sp³-hybridized carbons (Fsp3) is 0.286. The number of rotatable bonds is 11. The lowest BCUT2D eigenvalue weighted by Crippen LogP contribution is -2.38. The number of hydrogen-bond donors (Lipinski definition) is 3. The number of amides is 1. The zero-order valence-corrected chi connectivity index (χ0v) is 18.5. The maximum Gasteiger partial charge on any atom is 0.220 e. The average Bonchev–Trinajstić information content (AvgIpc) is 2.73. The molecule has 0 spiro atoms. The quantitative estimate of drug-likeness (QED) is 0.432. The van der Waals surface area contributed by atoms with Crippen molar-refractivity contribution in [3.05, 3.63) is 58.1 Å². The topological polar surface area (TPSA) is 101 Å². The lowest BCUT2D eigenvalue weighted by atomic mass is 10.1. The molecule has 9 heteroatoms. The number of carbonyl (C=O) groups excluding carboxylic acids is 3. The van der Waals surface area contributed by atoms with E-state index in [2.05, 4.69) is 10.6 Å². The summed E-state index contributed by atoms with van der Waals surface area (Å²) in [7, 11) is 0. The second-order valence-corrected chi connectivity index (χ2v) is 8.33. The predicted octanol–water partition coefficient (Wildman–Crippen LogP) is 3.96. The number of anilines is 2. The predicted molar refractivity (Wildman–Crippen MR) is 124 cm³/mol. The van der Waals surface area contributed by atoms with E-state index in [1.165, 1.54) is 0 Å². The number of halogens is 2. The van der Waals surface area contributed by atoms with Gasteiger partial charge in [0.15, 0.2) is 5.12 Å². The van der Waals surface area contributed by atoms with E-state index in [0.717, 1.165) is 17.3 Å². The van der Waals surface area contributed by atoms with E-state index in [9.17, 15) is 14.4 Å². The molecule has 2 rings (SSSR count). The van der Waals surface area contributed by atoms with E-state index in [4.69, 9.17) is 28.9 Å². The summed E-state index contributed by atoms with van der Waals surface area (Å²) in [6, 6.07) is 11.8. The van der Waals surface area contributed by atoms with Gasteiger partial charge in [0.2, 0.25) is 5.91 Å². The summed E-state index contributed by atoms with van der Waals surface area (Å²) in [4.78, 5) is 35.4. The zero-order chi connectivity index (χ0) is 21.9. The Kier molecular flexibility index (Phi) is 10.2. The van der Waals surface area contributed by atoms with E-state index in [1.54, 1.807) is 18.2 Å². The van der Waals surface area contributed by atoms with E-state index in [-0.39, 0.29) is 29.6 Å². The number of carbonyl (C=O) groups is 3. The summed E-state index contributed by atoms with van der Waals surface area (Å²) in [5, 5.41) is 6.60. The molecule has 4 N–H and O–H groups in total. The van der Waals surface area contributed by atoms with Crippen molar-refractivity contribution in [2.75, 3.05) is 17.6 Å². The minimum absolute atomic E-state index is 0.127. The van der Waals surface area contributed by atoms with Gasteiger partial charge in [0.05, 0.1) is 21.8 Å². The van der Waals surface area contributed by atoms with Gasteiger partial charge in [-0.2, -0.15) is 0 Å². The molecule has 0 aliphatic carbocycles. The first kappa shape index (κ1) is 24.2. The smallest absolute Gasteiger partial charge is 0.220 e. The number of nitrogens with one attached hydrogen (secondary N) is 2. The van der Waals surface area contributed by atoms with Gasteiger partial charge in [-0.25, -0.2) is 0 Å². The van der Waals surface area contributed by atoms with Crippen molar-refractivity contribution in [2.24, 2.45) is 5.73 Å². The van der Waals surface area contributed by atoms with Crippen molar-refractivity contribution in [1.29, 1.82) is 0 Å². The van der Waals surface area contributed by atoms with Crippen LogP contribution in [0.1, 0.15) is 18.4 Å². The Labute approximate surface area is 189 Å². The maximum atomic E-state index is 12.5. The number of benzene rings is 2. The fourth-order valence-corrected chi connectivity index (χ4v) is 3.87. The standard InChI is InChI=1S/C21H23Cl2N3O3S/c22-16-6-3-7-17(23)21(16)26-18-8-2-1-5-14(18)11-20(29)30-13-15(12-27)25-19(28)9-4-10-24/h1-3,5-8,12,15,26H,4,9-11,13,24H2,(H,25,28). The van der Waals surface area contributed by atoms with Crippen LogP contribution < -0.4 is 16.4 Å². The molecule has 6 nitrogen and oxygen atoms in total. The highest BCUT2D eigenvalue weighted by Crippen LogP contribution is 2.33. The van der Waals surface area contributed by atoms with E-state index in [0.29, 0.717) is 40.7 Å². The van der Waals surface area contributed by atoms with Gasteiger partial charge >= 0.3 is 0 Å². The van der Waals surface area contributed by atoms with Crippen LogP contribution in [-0.2, 0) is 20.8 Å². The third kappa shape index (κ3) is 7.65. The van der Waals surface area contributed by atoms with Gasteiger partial charge in [-0.1, -0.05) is 59.2 Å². The summed E-state index contributed by atoms with van der Waals surface area (Å²) in [6.07, 6.45) is 1.57. The van der Waals surface area contributed by atoms with E-state index in [1.807, 2.05) is 24.3 Å². The summed E-state index contributed by atoms with van der Waals surface area (Å²) < 4.78 is 0. The molecule has 0 aliphatic heterocycles. The van der Waals surface area contributed by atoms with Gasteiger partial charge in [0.25, 0.3) is 0 Å². The molecule has 0 heterocycles. The summed E-state index contributed by atoms with van der Waals surface area (Å²) in [5.41, 5.74) is 7.41. The third-order valence-corrected chi connectivity index (χ3v) is 5.74. The van der Waals surface area contributed by atoms with E-state index < -0.39 is 6.04 Å². The lowest BCUT2D eigenvalue weighted by Gasteiger charge is -2.15. The van der Waals surface area contributed by atoms with Crippen LogP contribution in [0, 0.1) is 0 Å². The fourth-order valence-electron chi connectivity index (χ4n) is 2.59. The van der Waals surface area contributed by atoms with Crippen LogP contribution in [0.5, 0.6) is 0 Å². The van der Waals surface area contributed by atoms with Crippen LogP contribution in [0.4, 0.5) is 11.4 Å². The minimum Gasteiger partial charge on any atom is -0.353 e. The first-order chi connectivity index (χ1) is 14.4. The largest absolute Gasteiger partial charge is 0.353 e. The summed E-state index contributed by atoms with van der Waals surface area (Å²) in [6.45, 7) is 0.402. The Morgan fingerprint density at radius 1 is 1.10 bits per heavy atom. The molecule has 0 saturated heterocycles. The molecular formula is C21H23Cl2N3O3S. The Hall–Kier alpha value is -2.06. The number of thioether (sulfide) groups is 1. The molecule has 0 bridgehead atoms. The molecule has 0 radical (unpaired) electrons. The molecule has 0 fully saturated rings. The summed E-state index contributed by atoms with van der Waals surface area (Å²) >= 11 is 13.4. The van der Waals surface area contributed by atoms with Gasteiger partial charge < -0.3 is 21.2 Å².